The van der Waals surface area contributed by atoms with Crippen molar-refractivity contribution in [3.05, 3.63) is 108 Å². The van der Waals surface area contributed by atoms with Gasteiger partial charge in [-0.2, -0.15) is 0 Å². The first kappa shape index (κ1) is 20.9. The maximum atomic E-state index is 12.3. The lowest BCUT2D eigenvalue weighted by Crippen LogP contribution is -2.33. The van der Waals surface area contributed by atoms with Crippen LogP contribution in [0, 0.1) is 0 Å². The molecular formula is C25H23NO4. The normalized spacial score (nSPS) is 11.6. The van der Waals surface area contributed by atoms with Gasteiger partial charge in [0.15, 0.2) is 6.04 Å². The summed E-state index contributed by atoms with van der Waals surface area (Å²) in [5.41, 5.74) is 2.59. The van der Waals surface area contributed by atoms with E-state index in [9.17, 15) is 9.59 Å². The fraction of sp³-hybridized carbons (Fsp3) is 0.120. The Bertz CT molecular complexity index is 983. The molecule has 0 spiro atoms. The van der Waals surface area contributed by atoms with Crippen LogP contribution in [0.4, 0.5) is 0 Å². The molecule has 0 bridgehead atoms. The molecule has 0 saturated carbocycles. The predicted molar refractivity (Wildman–Crippen MR) is 116 cm³/mol. The monoisotopic (exact) mass is 401 g/mol. The van der Waals surface area contributed by atoms with Gasteiger partial charge in [0, 0.05) is 6.08 Å². The average Bonchev–Trinajstić information content (AvgIpc) is 2.81. The molecule has 3 aromatic rings. The van der Waals surface area contributed by atoms with Gasteiger partial charge in [-0.15, -0.1) is 0 Å². The molecule has 1 unspecified atom stereocenters. The molecule has 5 nitrogen and oxygen atoms in total. The zero-order chi connectivity index (χ0) is 21.2. The first-order chi connectivity index (χ1) is 14.7. The van der Waals surface area contributed by atoms with Gasteiger partial charge in [0.2, 0.25) is 5.91 Å². The smallest absolute Gasteiger partial charge is 0.333 e. The SMILES string of the molecule is COC(=O)C(NC(=O)C=Cc1ccc(OCc2ccccc2)cc1)c1ccccc1. The van der Waals surface area contributed by atoms with Gasteiger partial charge in [0.05, 0.1) is 7.11 Å². The van der Waals surface area contributed by atoms with E-state index in [-0.39, 0.29) is 0 Å². The molecular weight excluding hydrogens is 378 g/mol. The third-order valence-corrected chi connectivity index (χ3v) is 4.41. The van der Waals surface area contributed by atoms with E-state index >= 15 is 0 Å². The minimum absolute atomic E-state index is 0.390. The molecule has 1 N–H and O–H groups in total. The highest BCUT2D eigenvalue weighted by Crippen LogP contribution is 2.16. The van der Waals surface area contributed by atoms with E-state index in [2.05, 4.69) is 5.32 Å². The predicted octanol–water partition coefficient (Wildman–Crippen LogP) is 4.31. The second-order valence-electron chi connectivity index (χ2n) is 6.55. The van der Waals surface area contributed by atoms with E-state index in [1.807, 2.05) is 60.7 Å². The molecule has 0 aliphatic rings. The van der Waals surface area contributed by atoms with Crippen LogP contribution in [0.1, 0.15) is 22.7 Å². The largest absolute Gasteiger partial charge is 0.489 e. The van der Waals surface area contributed by atoms with Crippen molar-refractivity contribution < 1.29 is 19.1 Å². The molecule has 0 saturated heterocycles. The summed E-state index contributed by atoms with van der Waals surface area (Å²) in [6.07, 6.45) is 3.06. The summed E-state index contributed by atoms with van der Waals surface area (Å²) in [5, 5.41) is 2.68. The highest BCUT2D eigenvalue weighted by Gasteiger charge is 2.22. The number of esters is 1. The number of nitrogens with one attached hydrogen (secondary N) is 1. The molecule has 0 aliphatic heterocycles. The second-order valence-corrected chi connectivity index (χ2v) is 6.55. The summed E-state index contributed by atoms with van der Waals surface area (Å²) in [6, 6.07) is 25.5. The maximum Gasteiger partial charge on any atom is 0.333 e. The second kappa shape index (κ2) is 10.6. The van der Waals surface area contributed by atoms with Gasteiger partial charge < -0.3 is 14.8 Å². The Morgan fingerprint density at radius 3 is 2.17 bits per heavy atom. The van der Waals surface area contributed by atoms with E-state index in [0.29, 0.717) is 12.2 Å². The van der Waals surface area contributed by atoms with Crippen LogP contribution in [0.2, 0.25) is 0 Å². The number of carbonyl (C=O) groups excluding carboxylic acids is 2. The standard InChI is InChI=1S/C25H23NO4/c1-29-25(28)24(21-10-6-3-7-11-21)26-23(27)17-14-19-12-15-22(16-13-19)30-18-20-8-4-2-5-9-20/h2-17,24H,18H2,1H3,(H,26,27). The van der Waals surface area contributed by atoms with Gasteiger partial charge >= 0.3 is 5.97 Å². The Labute approximate surface area is 176 Å². The van der Waals surface area contributed by atoms with Gasteiger partial charge in [0.1, 0.15) is 12.4 Å². The summed E-state index contributed by atoms with van der Waals surface area (Å²) in [7, 11) is 1.29. The molecule has 0 fully saturated rings. The van der Waals surface area contributed by atoms with Crippen molar-refractivity contribution in [1.29, 1.82) is 0 Å². The number of ether oxygens (including phenoxy) is 2. The van der Waals surface area contributed by atoms with Crippen molar-refractivity contribution in [1.82, 2.24) is 5.32 Å². The Morgan fingerprint density at radius 1 is 0.900 bits per heavy atom. The van der Waals surface area contributed by atoms with Crippen molar-refractivity contribution in [3.63, 3.8) is 0 Å². The molecule has 30 heavy (non-hydrogen) atoms. The first-order valence-electron chi connectivity index (χ1n) is 9.54. The van der Waals surface area contributed by atoms with Crippen molar-refractivity contribution in [2.75, 3.05) is 7.11 Å². The van der Waals surface area contributed by atoms with E-state index < -0.39 is 17.9 Å². The third-order valence-electron chi connectivity index (χ3n) is 4.41. The van der Waals surface area contributed by atoms with Gasteiger partial charge in [-0.25, -0.2) is 4.79 Å². The number of amides is 1. The van der Waals surface area contributed by atoms with E-state index in [1.54, 1.807) is 30.3 Å². The lowest BCUT2D eigenvalue weighted by molar-refractivity contribution is -0.144. The van der Waals surface area contributed by atoms with E-state index in [0.717, 1.165) is 16.9 Å². The topological polar surface area (TPSA) is 64.6 Å². The fourth-order valence-electron chi connectivity index (χ4n) is 2.82. The van der Waals surface area contributed by atoms with Crippen LogP contribution >= 0.6 is 0 Å². The van der Waals surface area contributed by atoms with Crippen molar-refractivity contribution in [3.8, 4) is 5.75 Å². The van der Waals surface area contributed by atoms with E-state index in [4.69, 9.17) is 9.47 Å². The van der Waals surface area contributed by atoms with Crippen LogP contribution in [0.5, 0.6) is 5.75 Å². The number of carbonyl (C=O) groups is 2. The fourth-order valence-corrected chi connectivity index (χ4v) is 2.82. The van der Waals surface area contributed by atoms with Gasteiger partial charge in [-0.3, -0.25) is 4.79 Å². The highest BCUT2D eigenvalue weighted by atomic mass is 16.5. The molecule has 152 valence electrons. The molecule has 1 atom stereocenters. The number of methoxy groups -OCH3 is 1. The minimum Gasteiger partial charge on any atom is -0.489 e. The van der Waals surface area contributed by atoms with Crippen LogP contribution < -0.4 is 10.1 Å². The summed E-state index contributed by atoms with van der Waals surface area (Å²) in [4.78, 5) is 24.4. The molecule has 5 heteroatoms. The quantitative estimate of drug-likeness (QED) is 0.451. The highest BCUT2D eigenvalue weighted by molar-refractivity contribution is 5.94. The van der Waals surface area contributed by atoms with Crippen LogP contribution in [0.15, 0.2) is 91.0 Å². The molecule has 0 heterocycles. The number of rotatable bonds is 8. The van der Waals surface area contributed by atoms with Crippen LogP contribution in [-0.2, 0) is 20.9 Å². The first-order valence-corrected chi connectivity index (χ1v) is 9.54. The summed E-state index contributed by atoms with van der Waals surface area (Å²) < 4.78 is 10.6. The van der Waals surface area contributed by atoms with Gasteiger partial charge in [-0.05, 0) is 34.9 Å². The number of hydrogen-bond acceptors (Lipinski definition) is 4. The van der Waals surface area contributed by atoms with Gasteiger partial charge in [-0.1, -0.05) is 72.8 Å². The molecule has 0 aliphatic carbocycles. The minimum atomic E-state index is -0.859. The molecule has 0 aromatic heterocycles. The van der Waals surface area contributed by atoms with E-state index in [1.165, 1.54) is 13.2 Å². The van der Waals surface area contributed by atoms with Crippen LogP contribution in [0.3, 0.4) is 0 Å². The number of benzene rings is 3. The molecule has 3 rings (SSSR count). The third kappa shape index (κ3) is 6.07. The van der Waals surface area contributed by atoms with Crippen LogP contribution in [0.25, 0.3) is 6.08 Å². The summed E-state index contributed by atoms with van der Waals surface area (Å²) >= 11 is 0. The summed E-state index contributed by atoms with van der Waals surface area (Å²) in [5.74, 6) is -0.170. The Morgan fingerprint density at radius 2 is 1.53 bits per heavy atom. The molecule has 3 aromatic carbocycles. The van der Waals surface area contributed by atoms with Crippen molar-refractivity contribution in [2.24, 2.45) is 0 Å². The lowest BCUT2D eigenvalue weighted by Gasteiger charge is -2.15. The van der Waals surface area contributed by atoms with Gasteiger partial charge in [0.25, 0.3) is 0 Å². The summed E-state index contributed by atoms with van der Waals surface area (Å²) in [6.45, 7) is 0.493. The maximum absolute atomic E-state index is 12.3. The zero-order valence-electron chi connectivity index (χ0n) is 16.7. The molecule has 0 radical (unpaired) electrons. The average molecular weight is 401 g/mol. The Kier molecular flexibility index (Phi) is 7.39. The zero-order valence-corrected chi connectivity index (χ0v) is 16.7. The Hall–Kier alpha value is -3.86. The molecule has 1 amide bonds. The van der Waals surface area contributed by atoms with Crippen molar-refractivity contribution in [2.45, 2.75) is 12.6 Å². The van der Waals surface area contributed by atoms with Crippen molar-refractivity contribution >= 4 is 18.0 Å². The Balaban J connectivity index is 1.57. The lowest BCUT2D eigenvalue weighted by atomic mass is 10.1. The van der Waals surface area contributed by atoms with Crippen LogP contribution in [-0.4, -0.2) is 19.0 Å². The number of hydrogen-bond donors (Lipinski definition) is 1.